The van der Waals surface area contributed by atoms with Crippen LogP contribution >= 0.6 is 0 Å². The van der Waals surface area contributed by atoms with Gasteiger partial charge in [0.1, 0.15) is 11.5 Å². The average molecular weight is 367 g/mol. The van der Waals surface area contributed by atoms with E-state index in [1.165, 1.54) is 4.57 Å². The summed E-state index contributed by atoms with van der Waals surface area (Å²) in [5, 5.41) is 0. The smallest absolute Gasteiger partial charge is 0.330 e. The van der Waals surface area contributed by atoms with Crippen LogP contribution in [-0.2, 0) is 11.3 Å². The van der Waals surface area contributed by atoms with E-state index in [-0.39, 0.29) is 35.9 Å². The molecule has 26 heavy (non-hydrogen) atoms. The Morgan fingerprint density at radius 2 is 1.85 bits per heavy atom. The van der Waals surface area contributed by atoms with Crippen LogP contribution in [-0.4, -0.2) is 46.5 Å². The number of nitrogen functional groups attached to an aromatic ring is 1. The van der Waals surface area contributed by atoms with Crippen molar-refractivity contribution in [3.8, 4) is 0 Å². The SMILES string of the molecule is CCCCN(CC(=O)N(C)C(C)C)c1c(N)n(CC(C)C)c(=O)[nH]c1=O. The number of H-pyrrole nitrogens is 1. The predicted molar refractivity (Wildman–Crippen MR) is 106 cm³/mol. The third-order valence-corrected chi connectivity index (χ3v) is 4.35. The molecule has 0 radical (unpaired) electrons. The summed E-state index contributed by atoms with van der Waals surface area (Å²) >= 11 is 0. The Morgan fingerprint density at radius 3 is 2.35 bits per heavy atom. The van der Waals surface area contributed by atoms with Crippen LogP contribution in [0, 0.1) is 5.92 Å². The van der Waals surface area contributed by atoms with Crippen molar-refractivity contribution in [3.63, 3.8) is 0 Å². The van der Waals surface area contributed by atoms with Gasteiger partial charge in [-0.1, -0.05) is 27.2 Å². The molecule has 0 aromatic carbocycles. The van der Waals surface area contributed by atoms with Gasteiger partial charge in [0, 0.05) is 26.2 Å². The highest BCUT2D eigenvalue weighted by Crippen LogP contribution is 2.18. The fraction of sp³-hybridized carbons (Fsp3) is 0.722. The molecule has 1 aromatic heterocycles. The summed E-state index contributed by atoms with van der Waals surface area (Å²) in [6, 6.07) is 0.0565. The first-order valence-electron chi connectivity index (χ1n) is 9.23. The highest BCUT2D eigenvalue weighted by molar-refractivity contribution is 5.82. The molecule has 3 N–H and O–H groups in total. The molecule has 1 rings (SSSR count). The lowest BCUT2D eigenvalue weighted by Crippen LogP contribution is -2.45. The normalized spacial score (nSPS) is 11.2. The van der Waals surface area contributed by atoms with E-state index in [2.05, 4.69) is 4.98 Å². The van der Waals surface area contributed by atoms with E-state index in [0.29, 0.717) is 13.1 Å². The van der Waals surface area contributed by atoms with Crippen LogP contribution in [0.25, 0.3) is 0 Å². The fourth-order valence-corrected chi connectivity index (χ4v) is 2.61. The zero-order valence-electron chi connectivity index (χ0n) is 16.8. The Labute approximate surface area is 155 Å². The van der Waals surface area contributed by atoms with Crippen LogP contribution < -0.4 is 21.9 Å². The molecule has 0 aliphatic heterocycles. The second-order valence-electron chi connectivity index (χ2n) is 7.37. The number of nitrogens with one attached hydrogen (secondary N) is 1. The molecule has 0 bridgehead atoms. The number of anilines is 2. The number of aromatic amines is 1. The molecule has 148 valence electrons. The fourth-order valence-electron chi connectivity index (χ4n) is 2.61. The standard InChI is InChI=1S/C18H33N5O3/c1-7-8-9-22(11-14(24)21(6)13(4)5)15-16(19)23(10-12(2)3)18(26)20-17(15)25/h12-13H,7-11,19H2,1-6H3,(H,20,25,26). The second kappa shape index (κ2) is 9.45. The number of nitrogens with zero attached hydrogens (tertiary/aromatic N) is 3. The molecule has 0 atom stereocenters. The van der Waals surface area contributed by atoms with Crippen molar-refractivity contribution in [2.45, 2.75) is 60.0 Å². The van der Waals surface area contributed by atoms with Crippen molar-refractivity contribution in [2.24, 2.45) is 5.92 Å². The minimum absolute atomic E-state index is 0.0435. The van der Waals surface area contributed by atoms with Crippen LogP contribution in [0.2, 0.25) is 0 Å². The van der Waals surface area contributed by atoms with Crippen molar-refractivity contribution < 1.29 is 4.79 Å². The number of hydrogen-bond acceptors (Lipinski definition) is 5. The molecule has 0 unspecified atom stereocenters. The minimum atomic E-state index is -0.552. The van der Waals surface area contributed by atoms with E-state index in [1.807, 2.05) is 34.6 Å². The number of likely N-dealkylation sites (N-methyl/N-ethyl adjacent to an activating group) is 1. The number of aromatic nitrogens is 2. The minimum Gasteiger partial charge on any atom is -0.383 e. The van der Waals surface area contributed by atoms with Crippen molar-refractivity contribution >= 4 is 17.4 Å². The maximum absolute atomic E-state index is 12.5. The number of carbonyl (C=O) groups is 1. The first-order chi connectivity index (χ1) is 12.1. The van der Waals surface area contributed by atoms with Gasteiger partial charge in [-0.05, 0) is 26.2 Å². The molecule has 1 amide bonds. The highest BCUT2D eigenvalue weighted by Gasteiger charge is 2.23. The lowest BCUT2D eigenvalue weighted by molar-refractivity contribution is -0.129. The lowest BCUT2D eigenvalue weighted by atomic mass is 10.2. The molecule has 1 heterocycles. The summed E-state index contributed by atoms with van der Waals surface area (Å²) in [7, 11) is 1.73. The van der Waals surface area contributed by atoms with E-state index in [4.69, 9.17) is 5.73 Å². The third kappa shape index (κ3) is 5.37. The van der Waals surface area contributed by atoms with Crippen LogP contribution in [0.15, 0.2) is 9.59 Å². The van der Waals surface area contributed by atoms with Crippen molar-refractivity contribution in [3.05, 3.63) is 20.8 Å². The van der Waals surface area contributed by atoms with Crippen LogP contribution in [0.1, 0.15) is 47.5 Å². The van der Waals surface area contributed by atoms with Gasteiger partial charge in [0.15, 0.2) is 0 Å². The van der Waals surface area contributed by atoms with Crippen molar-refractivity contribution in [2.75, 3.05) is 30.8 Å². The summed E-state index contributed by atoms with van der Waals surface area (Å²) in [5.41, 5.74) is 5.32. The molecule has 8 heteroatoms. The van der Waals surface area contributed by atoms with E-state index in [1.54, 1.807) is 16.8 Å². The van der Waals surface area contributed by atoms with Gasteiger partial charge < -0.3 is 15.5 Å². The monoisotopic (exact) mass is 367 g/mol. The maximum Gasteiger partial charge on any atom is 0.330 e. The molecule has 0 fully saturated rings. The summed E-state index contributed by atoms with van der Waals surface area (Å²) in [6.45, 7) is 10.8. The molecule has 0 aliphatic rings. The van der Waals surface area contributed by atoms with Gasteiger partial charge in [-0.25, -0.2) is 4.79 Å². The molecular formula is C18H33N5O3. The van der Waals surface area contributed by atoms with Crippen LogP contribution in [0.3, 0.4) is 0 Å². The first kappa shape index (κ1) is 21.8. The number of amides is 1. The average Bonchev–Trinajstić information content (AvgIpc) is 2.54. The molecule has 0 saturated carbocycles. The van der Waals surface area contributed by atoms with Gasteiger partial charge in [-0.3, -0.25) is 19.1 Å². The lowest BCUT2D eigenvalue weighted by Gasteiger charge is -2.29. The quantitative estimate of drug-likeness (QED) is 0.683. The summed E-state index contributed by atoms with van der Waals surface area (Å²) < 4.78 is 1.37. The Bertz CT molecular complexity index is 721. The van der Waals surface area contributed by atoms with Gasteiger partial charge in [-0.15, -0.1) is 0 Å². The van der Waals surface area contributed by atoms with Crippen molar-refractivity contribution in [1.29, 1.82) is 0 Å². The molecule has 0 saturated heterocycles. The van der Waals surface area contributed by atoms with Crippen LogP contribution in [0.4, 0.5) is 11.5 Å². The van der Waals surface area contributed by atoms with Gasteiger partial charge in [0.2, 0.25) is 5.91 Å². The molecular weight excluding hydrogens is 334 g/mol. The Morgan fingerprint density at radius 1 is 1.23 bits per heavy atom. The molecule has 8 nitrogen and oxygen atoms in total. The van der Waals surface area contributed by atoms with Crippen LogP contribution in [0.5, 0.6) is 0 Å². The third-order valence-electron chi connectivity index (χ3n) is 4.35. The first-order valence-corrected chi connectivity index (χ1v) is 9.23. The summed E-state index contributed by atoms with van der Waals surface area (Å²) in [5.74, 6) is 0.201. The van der Waals surface area contributed by atoms with E-state index >= 15 is 0 Å². The van der Waals surface area contributed by atoms with E-state index in [0.717, 1.165) is 12.8 Å². The zero-order valence-corrected chi connectivity index (χ0v) is 16.8. The van der Waals surface area contributed by atoms with Gasteiger partial charge in [0.05, 0.1) is 6.54 Å². The number of rotatable bonds is 9. The van der Waals surface area contributed by atoms with Gasteiger partial charge in [-0.2, -0.15) is 0 Å². The number of hydrogen-bond donors (Lipinski definition) is 2. The number of carbonyl (C=O) groups excluding carboxylic acids is 1. The van der Waals surface area contributed by atoms with E-state index in [9.17, 15) is 14.4 Å². The van der Waals surface area contributed by atoms with Crippen molar-refractivity contribution in [1.82, 2.24) is 14.5 Å². The summed E-state index contributed by atoms with van der Waals surface area (Å²) in [4.78, 5) is 42.8. The highest BCUT2D eigenvalue weighted by atomic mass is 16.2. The number of unbranched alkanes of at least 4 members (excludes halogenated alkanes) is 1. The summed E-state index contributed by atoms with van der Waals surface area (Å²) in [6.07, 6.45) is 1.72. The predicted octanol–water partition coefficient (Wildman–Crippen LogP) is 1.25. The Balaban J connectivity index is 3.35. The largest absolute Gasteiger partial charge is 0.383 e. The maximum atomic E-state index is 12.5. The van der Waals surface area contributed by atoms with Gasteiger partial charge in [0.25, 0.3) is 5.56 Å². The topological polar surface area (TPSA) is 104 Å². The molecule has 0 spiro atoms. The zero-order chi connectivity index (χ0) is 20.0. The second-order valence-corrected chi connectivity index (χ2v) is 7.37. The Kier molecular flexibility index (Phi) is 7.92. The van der Waals surface area contributed by atoms with Gasteiger partial charge >= 0.3 is 5.69 Å². The molecule has 0 aliphatic carbocycles. The van der Waals surface area contributed by atoms with E-state index < -0.39 is 11.2 Å². The Hall–Kier alpha value is -2.25. The number of nitrogens with two attached hydrogens (primary N) is 1. The molecule has 1 aromatic rings.